The number of alkyl halides is 4. The van der Waals surface area contributed by atoms with Gasteiger partial charge in [-0.3, -0.25) is 11.3 Å². The molecule has 0 bridgehead atoms. The van der Waals surface area contributed by atoms with E-state index in [4.69, 9.17) is 5.84 Å². The summed E-state index contributed by atoms with van der Waals surface area (Å²) in [6, 6.07) is -0.308. The lowest BCUT2D eigenvalue weighted by Crippen LogP contribution is -2.40. The van der Waals surface area contributed by atoms with Crippen LogP contribution in [0.15, 0.2) is 12.7 Å². The summed E-state index contributed by atoms with van der Waals surface area (Å²) >= 11 is 0. The van der Waals surface area contributed by atoms with Crippen LogP contribution in [-0.4, -0.2) is 31.6 Å². The first-order valence-corrected chi connectivity index (χ1v) is 6.24. The van der Waals surface area contributed by atoms with Gasteiger partial charge in [-0.2, -0.15) is 8.78 Å². The number of nitrogens with two attached hydrogens (primary N) is 1. The molecule has 0 aliphatic carbocycles. The standard InChI is InChI=1S/C12H22F4N2O/c1-2-3-4-5-6-7-10(18-17)8-19-9-12(15,16)11(13)14/h2,10-11,18H,1,3-9,17H2. The summed E-state index contributed by atoms with van der Waals surface area (Å²) in [6.45, 7) is 2.20. The molecule has 0 fully saturated rings. The Labute approximate surface area is 111 Å². The first-order chi connectivity index (χ1) is 8.94. The normalized spacial score (nSPS) is 13.8. The minimum absolute atomic E-state index is 0.111. The number of ether oxygens (including phenoxy) is 1. The van der Waals surface area contributed by atoms with E-state index in [0.717, 1.165) is 25.7 Å². The molecular formula is C12H22F4N2O. The lowest BCUT2D eigenvalue weighted by Gasteiger charge is -2.19. The van der Waals surface area contributed by atoms with Crippen molar-refractivity contribution in [1.82, 2.24) is 5.43 Å². The Morgan fingerprint density at radius 3 is 2.47 bits per heavy atom. The van der Waals surface area contributed by atoms with Crippen molar-refractivity contribution < 1.29 is 22.3 Å². The zero-order valence-electron chi connectivity index (χ0n) is 10.9. The fourth-order valence-corrected chi connectivity index (χ4v) is 1.47. The van der Waals surface area contributed by atoms with Crippen LogP contribution in [0.2, 0.25) is 0 Å². The highest BCUT2D eigenvalue weighted by molar-refractivity contribution is 4.70. The molecule has 7 heteroatoms. The first-order valence-electron chi connectivity index (χ1n) is 6.24. The molecule has 3 N–H and O–H groups in total. The average molecular weight is 286 g/mol. The first kappa shape index (κ1) is 18.3. The van der Waals surface area contributed by atoms with Crippen molar-refractivity contribution in [2.75, 3.05) is 13.2 Å². The van der Waals surface area contributed by atoms with Crippen molar-refractivity contribution >= 4 is 0 Å². The lowest BCUT2D eigenvalue weighted by atomic mass is 10.1. The molecule has 0 aromatic carbocycles. The number of halogens is 4. The van der Waals surface area contributed by atoms with Crippen molar-refractivity contribution in [1.29, 1.82) is 0 Å². The van der Waals surface area contributed by atoms with Gasteiger partial charge in [0.1, 0.15) is 6.61 Å². The van der Waals surface area contributed by atoms with Crippen molar-refractivity contribution in [3.05, 3.63) is 12.7 Å². The molecule has 0 aliphatic heterocycles. The number of allylic oxidation sites excluding steroid dienone is 1. The van der Waals surface area contributed by atoms with Gasteiger partial charge in [0.15, 0.2) is 0 Å². The summed E-state index contributed by atoms with van der Waals surface area (Å²) in [5.41, 5.74) is 2.43. The molecule has 0 aromatic heterocycles. The maximum absolute atomic E-state index is 12.6. The molecule has 0 aromatic rings. The van der Waals surface area contributed by atoms with Gasteiger partial charge >= 0.3 is 12.3 Å². The smallest absolute Gasteiger partial charge is 0.330 e. The third kappa shape index (κ3) is 8.96. The molecule has 1 unspecified atom stereocenters. The Hall–Kier alpha value is -0.660. The van der Waals surface area contributed by atoms with Gasteiger partial charge in [-0.1, -0.05) is 18.9 Å². The van der Waals surface area contributed by atoms with E-state index in [1.165, 1.54) is 0 Å². The molecule has 0 aliphatic rings. The number of unbranched alkanes of at least 4 members (excludes halogenated alkanes) is 3. The summed E-state index contributed by atoms with van der Waals surface area (Å²) < 4.78 is 53.4. The lowest BCUT2D eigenvalue weighted by molar-refractivity contribution is -0.167. The summed E-state index contributed by atoms with van der Waals surface area (Å²) in [7, 11) is 0. The van der Waals surface area contributed by atoms with E-state index in [0.29, 0.717) is 6.42 Å². The molecule has 0 saturated heterocycles. The number of rotatable bonds is 12. The van der Waals surface area contributed by atoms with Crippen LogP contribution in [0, 0.1) is 0 Å². The molecule has 0 rings (SSSR count). The number of hydrazine groups is 1. The van der Waals surface area contributed by atoms with Crippen LogP contribution >= 0.6 is 0 Å². The number of hydrogen-bond donors (Lipinski definition) is 2. The third-order valence-corrected chi connectivity index (χ3v) is 2.63. The molecular weight excluding hydrogens is 264 g/mol. The summed E-state index contributed by atoms with van der Waals surface area (Å²) in [5.74, 6) is 1.13. The van der Waals surface area contributed by atoms with Gasteiger partial charge in [-0.25, -0.2) is 8.78 Å². The van der Waals surface area contributed by atoms with Gasteiger partial charge in [-0.15, -0.1) is 6.58 Å². The predicted octanol–water partition coefficient (Wildman–Crippen LogP) is 2.87. The Morgan fingerprint density at radius 1 is 1.26 bits per heavy atom. The molecule has 19 heavy (non-hydrogen) atoms. The van der Waals surface area contributed by atoms with Gasteiger partial charge in [0.25, 0.3) is 0 Å². The van der Waals surface area contributed by atoms with E-state index >= 15 is 0 Å². The summed E-state index contributed by atoms with van der Waals surface area (Å²) in [4.78, 5) is 0. The Morgan fingerprint density at radius 2 is 1.95 bits per heavy atom. The number of hydrogen-bond acceptors (Lipinski definition) is 3. The zero-order chi connectivity index (χ0) is 14.7. The molecule has 0 amide bonds. The van der Waals surface area contributed by atoms with E-state index in [-0.39, 0.29) is 12.6 Å². The van der Waals surface area contributed by atoms with E-state index in [1.807, 2.05) is 6.08 Å². The van der Waals surface area contributed by atoms with E-state index < -0.39 is 19.0 Å². The van der Waals surface area contributed by atoms with Gasteiger partial charge in [0.05, 0.1) is 6.61 Å². The van der Waals surface area contributed by atoms with Crippen LogP contribution in [-0.2, 0) is 4.74 Å². The van der Waals surface area contributed by atoms with E-state index in [9.17, 15) is 17.6 Å². The Bertz CT molecular complexity index is 240. The monoisotopic (exact) mass is 286 g/mol. The minimum atomic E-state index is -4.11. The van der Waals surface area contributed by atoms with Crippen molar-refractivity contribution in [3.63, 3.8) is 0 Å². The second-order valence-electron chi connectivity index (χ2n) is 4.37. The van der Waals surface area contributed by atoms with Crippen LogP contribution in [0.1, 0.15) is 32.1 Å². The van der Waals surface area contributed by atoms with Crippen LogP contribution in [0.4, 0.5) is 17.6 Å². The molecule has 1 atom stereocenters. The molecule has 0 saturated carbocycles. The Kier molecular flexibility index (Phi) is 9.81. The summed E-state index contributed by atoms with van der Waals surface area (Å²) in [5, 5.41) is 0. The molecule has 0 heterocycles. The molecule has 0 spiro atoms. The minimum Gasteiger partial charge on any atom is -0.373 e. The fourth-order valence-electron chi connectivity index (χ4n) is 1.47. The predicted molar refractivity (Wildman–Crippen MR) is 66.2 cm³/mol. The second-order valence-corrected chi connectivity index (χ2v) is 4.37. The van der Waals surface area contributed by atoms with Crippen LogP contribution < -0.4 is 11.3 Å². The molecule has 0 radical (unpaired) electrons. The highest BCUT2D eigenvalue weighted by atomic mass is 19.3. The van der Waals surface area contributed by atoms with Crippen molar-refractivity contribution in [2.45, 2.75) is 50.5 Å². The number of nitrogens with one attached hydrogen (secondary N) is 1. The summed E-state index contributed by atoms with van der Waals surface area (Å²) in [6.07, 6.45) is 2.52. The van der Waals surface area contributed by atoms with Crippen LogP contribution in [0.25, 0.3) is 0 Å². The van der Waals surface area contributed by atoms with Crippen molar-refractivity contribution in [3.8, 4) is 0 Å². The molecule has 114 valence electrons. The highest BCUT2D eigenvalue weighted by Crippen LogP contribution is 2.22. The Balaban J connectivity index is 3.73. The fraction of sp³-hybridized carbons (Fsp3) is 0.833. The highest BCUT2D eigenvalue weighted by Gasteiger charge is 2.41. The maximum atomic E-state index is 12.6. The van der Waals surface area contributed by atoms with Gasteiger partial charge in [-0.05, 0) is 19.3 Å². The van der Waals surface area contributed by atoms with E-state index in [2.05, 4.69) is 16.7 Å². The topological polar surface area (TPSA) is 47.3 Å². The van der Waals surface area contributed by atoms with Crippen LogP contribution in [0.5, 0.6) is 0 Å². The largest absolute Gasteiger partial charge is 0.373 e. The average Bonchev–Trinajstić information content (AvgIpc) is 2.36. The van der Waals surface area contributed by atoms with E-state index in [1.54, 1.807) is 0 Å². The van der Waals surface area contributed by atoms with Gasteiger partial charge in [0, 0.05) is 6.04 Å². The third-order valence-electron chi connectivity index (χ3n) is 2.63. The zero-order valence-corrected chi connectivity index (χ0v) is 10.9. The van der Waals surface area contributed by atoms with Gasteiger partial charge < -0.3 is 4.74 Å². The second kappa shape index (κ2) is 10.2. The van der Waals surface area contributed by atoms with Crippen molar-refractivity contribution in [2.24, 2.45) is 5.84 Å². The quantitative estimate of drug-likeness (QED) is 0.191. The van der Waals surface area contributed by atoms with Gasteiger partial charge in [0.2, 0.25) is 0 Å². The molecule has 3 nitrogen and oxygen atoms in total. The van der Waals surface area contributed by atoms with Crippen LogP contribution in [0.3, 0.4) is 0 Å². The maximum Gasteiger partial charge on any atom is 0.330 e. The SMILES string of the molecule is C=CCCCCCC(COCC(F)(F)C(F)F)NN.